The van der Waals surface area contributed by atoms with Gasteiger partial charge in [0.25, 0.3) is 0 Å². The van der Waals surface area contributed by atoms with Gasteiger partial charge in [-0.15, -0.1) is 0 Å². The first-order chi connectivity index (χ1) is 49.4. The lowest BCUT2D eigenvalue weighted by molar-refractivity contribution is 1.31. The zero-order valence-corrected chi connectivity index (χ0v) is 64.9. The molecule has 0 fully saturated rings. The number of benzene rings is 14. The Morgan fingerprint density at radius 2 is 0.388 bits per heavy atom. The highest BCUT2D eigenvalue weighted by molar-refractivity contribution is 5.76. The fourth-order valence-electron chi connectivity index (χ4n) is 13.6. The van der Waals surface area contributed by atoms with Crippen molar-refractivity contribution in [1.82, 2.24) is 0 Å². The third-order valence-corrected chi connectivity index (χ3v) is 18.9. The van der Waals surface area contributed by atoms with Crippen LogP contribution in [0.2, 0.25) is 0 Å². The van der Waals surface area contributed by atoms with Gasteiger partial charge in [0.15, 0.2) is 0 Å². The van der Waals surface area contributed by atoms with E-state index in [0.717, 1.165) is 0 Å². The van der Waals surface area contributed by atoms with E-state index in [1.54, 1.807) is 0 Å². The molecule has 0 unspecified atom stereocenters. The van der Waals surface area contributed by atoms with Crippen molar-refractivity contribution in [2.45, 2.75) is 132 Å². The van der Waals surface area contributed by atoms with Gasteiger partial charge < -0.3 is 0 Å². The molecule has 0 saturated carbocycles. The molecular formula is C103H108. The van der Waals surface area contributed by atoms with Crippen LogP contribution >= 0.6 is 0 Å². The lowest BCUT2D eigenvalue weighted by Crippen LogP contribution is -1.90. The topological polar surface area (TPSA) is 0 Å². The molecule has 0 radical (unpaired) electrons. The van der Waals surface area contributed by atoms with Crippen molar-refractivity contribution in [3.05, 3.63) is 415 Å². The Morgan fingerprint density at radius 3 is 0.777 bits per heavy atom. The molecule has 0 aliphatic rings. The summed E-state index contributed by atoms with van der Waals surface area (Å²) in [6.07, 6.45) is 0. The van der Waals surface area contributed by atoms with Crippen LogP contribution in [0.15, 0.2) is 309 Å². The van der Waals surface area contributed by atoms with E-state index in [9.17, 15) is 0 Å². The van der Waals surface area contributed by atoms with Crippen LogP contribution in [0.1, 0.15) is 106 Å². The lowest BCUT2D eigenvalue weighted by atomic mass is 9.93. The van der Waals surface area contributed by atoms with Gasteiger partial charge in [0.1, 0.15) is 0 Å². The number of hydrogen-bond donors (Lipinski definition) is 0. The number of rotatable bonds is 7. The molecule has 0 heterocycles. The summed E-state index contributed by atoms with van der Waals surface area (Å²) in [6, 6.07) is 110. The summed E-state index contributed by atoms with van der Waals surface area (Å²) >= 11 is 0. The summed E-state index contributed by atoms with van der Waals surface area (Å²) in [5.74, 6) is 0. The molecule has 14 rings (SSSR count). The Hall–Kier alpha value is -10.9. The van der Waals surface area contributed by atoms with E-state index in [-0.39, 0.29) is 0 Å². The van der Waals surface area contributed by atoms with E-state index in [1.165, 1.54) is 184 Å². The SMILES string of the molecule is Cc1cc(C)cc(-c2ccccc2C)c1.Cc1ccc(-c2ccccc2C)c(C)c1.Cc1ccc(-c2ccccc2C)cc1.Cc1cccc(-c2c(C)cc(C)cc2C)c1.Cc1cccc(-c2ccccc2C)c1.Cc1ccccc1-c1c(C)cccc1C.Cc1ccccc1-c1ccccc1C. The van der Waals surface area contributed by atoms with E-state index in [4.69, 9.17) is 0 Å². The molecule has 103 heavy (non-hydrogen) atoms. The molecule has 0 atom stereocenters. The summed E-state index contributed by atoms with van der Waals surface area (Å²) in [4.78, 5) is 0. The van der Waals surface area contributed by atoms with Crippen molar-refractivity contribution in [2.24, 2.45) is 0 Å². The monoisotopic (exact) mass is 1340 g/mol. The minimum Gasteiger partial charge on any atom is -0.0620 e. The van der Waals surface area contributed by atoms with Crippen molar-refractivity contribution in [3.63, 3.8) is 0 Å². The van der Waals surface area contributed by atoms with Gasteiger partial charge in [-0.25, -0.2) is 0 Å². The predicted octanol–water partition coefficient (Wildman–Crippen LogP) is 29.3. The molecule has 0 N–H and O–H groups in total. The van der Waals surface area contributed by atoms with E-state index in [0.29, 0.717) is 0 Å². The molecule has 14 aromatic carbocycles. The first-order valence-electron chi connectivity index (χ1n) is 36.4. The molecule has 0 amide bonds. The first-order valence-corrected chi connectivity index (χ1v) is 36.4. The molecular weight excluding hydrogens is 1240 g/mol. The third kappa shape index (κ3) is 22.5. The van der Waals surface area contributed by atoms with Crippen LogP contribution in [0.25, 0.3) is 77.9 Å². The minimum atomic E-state index is 1.30. The van der Waals surface area contributed by atoms with Crippen molar-refractivity contribution in [2.75, 3.05) is 0 Å². The van der Waals surface area contributed by atoms with Crippen LogP contribution in [-0.2, 0) is 0 Å². The zero-order valence-electron chi connectivity index (χ0n) is 64.9. The lowest BCUT2D eigenvalue weighted by Gasteiger charge is -2.12. The van der Waals surface area contributed by atoms with Crippen LogP contribution in [0.3, 0.4) is 0 Å². The fraction of sp³-hybridized carbons (Fsp3) is 0.184. The first kappa shape index (κ1) is 77.8. The Balaban J connectivity index is 0.000000152. The fourth-order valence-corrected chi connectivity index (χ4v) is 13.6. The van der Waals surface area contributed by atoms with Crippen molar-refractivity contribution in [1.29, 1.82) is 0 Å². The van der Waals surface area contributed by atoms with E-state index in [2.05, 4.69) is 441 Å². The maximum atomic E-state index is 2.25. The Labute approximate surface area is 620 Å². The summed E-state index contributed by atoms with van der Waals surface area (Å²) in [5, 5.41) is 0. The third-order valence-electron chi connectivity index (χ3n) is 18.9. The largest absolute Gasteiger partial charge is 0.0620 e. The Bertz CT molecular complexity index is 4960. The van der Waals surface area contributed by atoms with Gasteiger partial charge in [-0.3, -0.25) is 0 Å². The van der Waals surface area contributed by atoms with Crippen molar-refractivity contribution < 1.29 is 0 Å². The van der Waals surface area contributed by atoms with Gasteiger partial charge >= 0.3 is 0 Å². The van der Waals surface area contributed by atoms with Gasteiger partial charge in [-0.05, 0) is 276 Å². The molecule has 0 spiro atoms. The van der Waals surface area contributed by atoms with Crippen LogP contribution in [0.4, 0.5) is 0 Å². The number of hydrogen-bond acceptors (Lipinski definition) is 0. The van der Waals surface area contributed by atoms with Gasteiger partial charge in [0.2, 0.25) is 0 Å². The maximum absolute atomic E-state index is 2.25. The normalized spacial score (nSPS) is 10.3. The Kier molecular flexibility index (Phi) is 28.9. The second-order valence-corrected chi connectivity index (χ2v) is 28.0. The highest BCUT2D eigenvalue weighted by Gasteiger charge is 2.10. The highest BCUT2D eigenvalue weighted by atomic mass is 14.2. The van der Waals surface area contributed by atoms with Crippen LogP contribution in [0.5, 0.6) is 0 Å². The molecule has 0 nitrogen and oxygen atoms in total. The second-order valence-electron chi connectivity index (χ2n) is 28.0. The van der Waals surface area contributed by atoms with Crippen molar-refractivity contribution in [3.8, 4) is 77.9 Å². The quantitative estimate of drug-likeness (QED) is 0.149. The average Bonchev–Trinajstić information content (AvgIpc) is 0.825. The summed E-state index contributed by atoms with van der Waals surface area (Å²) in [5.41, 5.74) is 44.1. The second kappa shape index (κ2) is 38.2. The minimum absolute atomic E-state index is 1.30. The van der Waals surface area contributed by atoms with Crippen LogP contribution < -0.4 is 0 Å². The van der Waals surface area contributed by atoms with E-state index < -0.39 is 0 Å². The molecule has 0 aliphatic carbocycles. The Morgan fingerprint density at radius 1 is 0.117 bits per heavy atom. The average molecular weight is 1350 g/mol. The van der Waals surface area contributed by atoms with Crippen molar-refractivity contribution >= 4 is 0 Å². The summed E-state index contributed by atoms with van der Waals surface area (Å²) < 4.78 is 0. The predicted molar refractivity (Wildman–Crippen MR) is 453 cm³/mol. The molecule has 0 saturated heterocycles. The van der Waals surface area contributed by atoms with Gasteiger partial charge in [-0.1, -0.05) is 348 Å². The zero-order chi connectivity index (χ0) is 74.1. The molecule has 14 aromatic rings. The van der Waals surface area contributed by atoms with Gasteiger partial charge in [0.05, 0.1) is 0 Å². The van der Waals surface area contributed by atoms with Crippen LogP contribution in [-0.4, -0.2) is 0 Å². The standard InChI is InChI=1S/C16H18.3C15H16.3C14H14/c1-11-6-5-7-15(10-11)16-13(3)8-12(2)9-14(16)4;1-11-7-4-5-10-14(11)15-12(2)8-6-9-13(15)3;1-11-8-12(2)10-14(9-11)15-7-5-4-6-13(15)3;1-11-8-9-15(13(3)10-11)14-7-5-4-6-12(14)2;1-11-7-3-5-9-13(11)14-10-6-4-8-12(14)2;1-11-6-5-8-13(10-11)14-9-4-3-7-12(14)2;1-11-7-9-13(10-8-11)14-6-4-3-5-12(14)2/h5-10H,1-4H3;3*4-10H,1-3H3;3*3-10H,1-2H3. The van der Waals surface area contributed by atoms with Crippen LogP contribution in [0, 0.1) is 132 Å². The molecule has 0 bridgehead atoms. The van der Waals surface area contributed by atoms with Gasteiger partial charge in [-0.2, -0.15) is 0 Å². The van der Waals surface area contributed by atoms with E-state index >= 15 is 0 Å². The molecule has 520 valence electrons. The molecule has 0 aromatic heterocycles. The number of aryl methyl sites for hydroxylation is 19. The molecule has 0 heteroatoms. The highest BCUT2D eigenvalue weighted by Crippen LogP contribution is 2.33. The summed E-state index contributed by atoms with van der Waals surface area (Å²) in [7, 11) is 0. The summed E-state index contributed by atoms with van der Waals surface area (Å²) in [6.45, 7) is 41.0. The van der Waals surface area contributed by atoms with E-state index in [1.807, 2.05) is 0 Å². The van der Waals surface area contributed by atoms with Gasteiger partial charge in [0, 0.05) is 0 Å². The smallest absolute Gasteiger partial charge is 0.0123 e. The molecule has 0 aliphatic heterocycles. The maximum Gasteiger partial charge on any atom is -0.0123 e.